The average molecular weight is 499 g/mol. The van der Waals surface area contributed by atoms with Crippen LogP contribution in [0.15, 0.2) is 59.0 Å². The van der Waals surface area contributed by atoms with E-state index >= 15 is 0 Å². The summed E-state index contributed by atoms with van der Waals surface area (Å²) in [6, 6.07) is 15.1. The Morgan fingerprint density at radius 1 is 1.12 bits per heavy atom. The summed E-state index contributed by atoms with van der Waals surface area (Å²) in [7, 11) is 1.72. The van der Waals surface area contributed by atoms with Crippen molar-refractivity contribution in [1.29, 1.82) is 0 Å². The lowest BCUT2D eigenvalue weighted by molar-refractivity contribution is 0.0694. The predicted octanol–water partition coefficient (Wildman–Crippen LogP) is 6.50. The molecule has 4 aromatic rings. The number of furan rings is 1. The van der Waals surface area contributed by atoms with Crippen LogP contribution in [0.25, 0.3) is 11.3 Å². The van der Waals surface area contributed by atoms with Crippen LogP contribution < -0.4 is 15.4 Å². The lowest BCUT2D eigenvalue weighted by Gasteiger charge is -2.16. The average Bonchev–Trinajstić information content (AvgIpc) is 3.28. The first-order valence-corrected chi connectivity index (χ1v) is 11.0. The maximum Gasteiger partial charge on any atom is 0.339 e. The third-order valence-corrected chi connectivity index (χ3v) is 5.41. The van der Waals surface area contributed by atoms with Crippen LogP contribution in [-0.2, 0) is 6.54 Å². The molecule has 34 heavy (non-hydrogen) atoms. The third-order valence-electron chi connectivity index (χ3n) is 4.84. The molecule has 0 radical (unpaired) electrons. The van der Waals surface area contributed by atoms with Gasteiger partial charge in [-0.2, -0.15) is 4.98 Å². The summed E-state index contributed by atoms with van der Waals surface area (Å²) >= 11 is 12.4. The minimum atomic E-state index is -1.10. The zero-order chi connectivity index (χ0) is 24.2. The number of hydrogen-bond acceptors (Lipinski definition) is 7. The number of aryl methyl sites for hydroxylation is 1. The molecule has 2 aromatic heterocycles. The van der Waals surface area contributed by atoms with E-state index in [4.69, 9.17) is 32.4 Å². The van der Waals surface area contributed by atoms with E-state index in [9.17, 15) is 9.90 Å². The third kappa shape index (κ3) is 5.08. The van der Waals surface area contributed by atoms with Crippen LogP contribution in [0.2, 0.25) is 10.0 Å². The second kappa shape index (κ2) is 10.0. The second-order valence-corrected chi connectivity index (χ2v) is 8.04. The van der Waals surface area contributed by atoms with E-state index in [0.29, 0.717) is 44.5 Å². The number of anilines is 2. The predicted molar refractivity (Wildman–Crippen MR) is 131 cm³/mol. The zero-order valence-corrected chi connectivity index (χ0v) is 19.7. The number of halogens is 2. The number of rotatable bonds is 8. The fourth-order valence-corrected chi connectivity index (χ4v) is 3.66. The van der Waals surface area contributed by atoms with Gasteiger partial charge in [-0.3, -0.25) is 0 Å². The number of nitrogens with zero attached hydrogens (tertiary/aromatic N) is 2. The fourth-order valence-electron chi connectivity index (χ4n) is 3.28. The molecule has 0 aliphatic heterocycles. The molecule has 0 unspecified atom stereocenters. The molecule has 0 aliphatic rings. The van der Waals surface area contributed by atoms with Crippen molar-refractivity contribution in [3.63, 3.8) is 0 Å². The lowest BCUT2D eigenvalue weighted by Crippen LogP contribution is -2.09. The van der Waals surface area contributed by atoms with Crippen LogP contribution >= 0.6 is 23.2 Å². The Morgan fingerprint density at radius 2 is 1.91 bits per heavy atom. The molecule has 0 atom stereocenters. The summed E-state index contributed by atoms with van der Waals surface area (Å²) < 4.78 is 11.9. The molecule has 2 heterocycles. The van der Waals surface area contributed by atoms with Gasteiger partial charge in [0.1, 0.15) is 34.3 Å². The summed E-state index contributed by atoms with van der Waals surface area (Å²) in [4.78, 5) is 20.4. The summed E-state index contributed by atoms with van der Waals surface area (Å²) in [6.45, 7) is 1.99. The number of para-hydroxylation sites is 1. The molecule has 174 valence electrons. The number of carboxylic acids is 1. The van der Waals surface area contributed by atoms with Crippen molar-refractivity contribution in [2.45, 2.75) is 13.5 Å². The van der Waals surface area contributed by atoms with Gasteiger partial charge in [0.25, 0.3) is 0 Å². The Hall–Kier alpha value is -3.75. The van der Waals surface area contributed by atoms with Gasteiger partial charge in [0.15, 0.2) is 5.82 Å². The van der Waals surface area contributed by atoms with Crippen LogP contribution in [0.5, 0.6) is 11.6 Å². The molecule has 4 rings (SSSR count). The Morgan fingerprint density at radius 3 is 2.68 bits per heavy atom. The lowest BCUT2D eigenvalue weighted by atomic mass is 10.2. The Labute approximate surface area is 205 Å². The van der Waals surface area contributed by atoms with Gasteiger partial charge in [-0.15, -0.1) is 0 Å². The maximum atomic E-state index is 11.6. The van der Waals surface area contributed by atoms with E-state index in [2.05, 4.69) is 20.6 Å². The summed E-state index contributed by atoms with van der Waals surface area (Å²) in [5.74, 6) is 1.36. The van der Waals surface area contributed by atoms with Crippen LogP contribution in [-0.4, -0.2) is 28.1 Å². The van der Waals surface area contributed by atoms with E-state index in [1.54, 1.807) is 56.4 Å². The Balaban J connectivity index is 1.62. The monoisotopic (exact) mass is 498 g/mol. The van der Waals surface area contributed by atoms with Gasteiger partial charge in [-0.1, -0.05) is 35.3 Å². The molecule has 10 heteroatoms. The molecule has 2 aromatic carbocycles. The number of benzene rings is 2. The number of aromatic carboxylic acids is 1. The standard InChI is InChI=1S/C24H20Cl2N4O4/c1-13-29-22(27-2)21(23(30-13)34-19-6-4-3-5-16(19)24(31)32)28-12-15-8-10-20(33-15)17-11-14(25)7-9-18(17)26/h3-11,28H,12H2,1-2H3,(H,31,32)(H,27,29,30). The summed E-state index contributed by atoms with van der Waals surface area (Å²) in [5, 5.41) is 16.8. The fraction of sp³-hybridized carbons (Fsp3) is 0.125. The van der Waals surface area contributed by atoms with Gasteiger partial charge < -0.3 is 24.9 Å². The van der Waals surface area contributed by atoms with E-state index < -0.39 is 5.97 Å². The van der Waals surface area contributed by atoms with Crippen molar-refractivity contribution < 1.29 is 19.1 Å². The van der Waals surface area contributed by atoms with Crippen LogP contribution in [0.3, 0.4) is 0 Å². The van der Waals surface area contributed by atoms with E-state index in [-0.39, 0.29) is 23.7 Å². The van der Waals surface area contributed by atoms with Gasteiger partial charge in [-0.25, -0.2) is 9.78 Å². The minimum absolute atomic E-state index is 0.0183. The molecule has 0 saturated carbocycles. The normalized spacial score (nSPS) is 10.7. The maximum absolute atomic E-state index is 11.6. The van der Waals surface area contributed by atoms with E-state index in [1.165, 1.54) is 6.07 Å². The van der Waals surface area contributed by atoms with Crippen molar-refractivity contribution in [3.8, 4) is 23.0 Å². The first-order valence-electron chi connectivity index (χ1n) is 10.2. The Bertz CT molecular complexity index is 1360. The summed E-state index contributed by atoms with van der Waals surface area (Å²) in [5.41, 5.74) is 1.15. The van der Waals surface area contributed by atoms with Crippen molar-refractivity contribution in [2.24, 2.45) is 0 Å². The molecule has 3 N–H and O–H groups in total. The van der Waals surface area contributed by atoms with Gasteiger partial charge in [0, 0.05) is 17.6 Å². The smallest absolute Gasteiger partial charge is 0.339 e. The van der Waals surface area contributed by atoms with Gasteiger partial charge in [0.05, 0.1) is 11.6 Å². The van der Waals surface area contributed by atoms with Crippen LogP contribution in [0.1, 0.15) is 21.9 Å². The van der Waals surface area contributed by atoms with Crippen LogP contribution in [0, 0.1) is 6.92 Å². The first-order chi connectivity index (χ1) is 16.4. The molecule has 0 fully saturated rings. The highest BCUT2D eigenvalue weighted by atomic mass is 35.5. The molecule has 0 bridgehead atoms. The van der Waals surface area contributed by atoms with Crippen LogP contribution in [0.4, 0.5) is 11.5 Å². The zero-order valence-electron chi connectivity index (χ0n) is 18.2. The number of nitrogens with one attached hydrogen (secondary N) is 2. The first kappa shape index (κ1) is 23.4. The molecule has 0 spiro atoms. The number of ether oxygens (including phenoxy) is 1. The van der Waals surface area contributed by atoms with Gasteiger partial charge in [0.2, 0.25) is 5.88 Å². The molecule has 8 nitrogen and oxygen atoms in total. The molecular weight excluding hydrogens is 479 g/mol. The quantitative estimate of drug-likeness (QED) is 0.252. The highest BCUT2D eigenvalue weighted by molar-refractivity contribution is 6.35. The number of carboxylic acid groups (broad SMARTS) is 1. The van der Waals surface area contributed by atoms with Crippen molar-refractivity contribution >= 4 is 40.7 Å². The minimum Gasteiger partial charge on any atom is -0.478 e. The van der Waals surface area contributed by atoms with E-state index in [0.717, 1.165) is 0 Å². The van der Waals surface area contributed by atoms with E-state index in [1.807, 2.05) is 6.07 Å². The Kier molecular flexibility index (Phi) is 6.90. The van der Waals surface area contributed by atoms with Gasteiger partial charge >= 0.3 is 5.97 Å². The molecular formula is C24H20Cl2N4O4. The van der Waals surface area contributed by atoms with Crippen molar-refractivity contribution in [3.05, 3.63) is 81.8 Å². The summed E-state index contributed by atoms with van der Waals surface area (Å²) in [6.07, 6.45) is 0. The molecule has 0 aliphatic carbocycles. The van der Waals surface area contributed by atoms with Gasteiger partial charge in [-0.05, 0) is 49.4 Å². The second-order valence-electron chi connectivity index (χ2n) is 7.20. The molecule has 0 amide bonds. The largest absolute Gasteiger partial charge is 0.478 e. The van der Waals surface area contributed by atoms with Crippen molar-refractivity contribution in [2.75, 3.05) is 17.7 Å². The number of hydrogen-bond donors (Lipinski definition) is 3. The number of aromatic nitrogens is 2. The highest BCUT2D eigenvalue weighted by Crippen LogP contribution is 2.36. The van der Waals surface area contributed by atoms with Crippen molar-refractivity contribution in [1.82, 2.24) is 9.97 Å². The topological polar surface area (TPSA) is 110 Å². The SMILES string of the molecule is CNc1nc(C)nc(Oc2ccccc2C(=O)O)c1NCc1ccc(-c2cc(Cl)ccc2Cl)o1. The number of carbonyl (C=O) groups is 1. The highest BCUT2D eigenvalue weighted by Gasteiger charge is 2.19. The molecule has 0 saturated heterocycles.